The topological polar surface area (TPSA) is 45.1 Å². The van der Waals surface area contributed by atoms with E-state index in [1.54, 1.807) is 23.5 Å². The van der Waals surface area contributed by atoms with Crippen molar-refractivity contribution >= 4 is 17.0 Å². The number of hydrogen-bond donors (Lipinski definition) is 2. The summed E-state index contributed by atoms with van der Waals surface area (Å²) in [5.41, 5.74) is 4.01. The van der Waals surface area contributed by atoms with E-state index in [1.165, 1.54) is 12.1 Å². The number of thiazole rings is 1. The van der Waals surface area contributed by atoms with Crippen molar-refractivity contribution in [1.29, 1.82) is 0 Å². The maximum absolute atomic E-state index is 13.0. The van der Waals surface area contributed by atoms with E-state index in [0.717, 1.165) is 27.5 Å². The summed E-state index contributed by atoms with van der Waals surface area (Å²) >= 11 is 1.55. The minimum atomic E-state index is -0.239. The van der Waals surface area contributed by atoms with Gasteiger partial charge in [-0.15, -0.1) is 11.3 Å². The molecule has 0 fully saturated rings. The number of halogens is 1. The second-order valence-corrected chi connectivity index (χ2v) is 6.03. The summed E-state index contributed by atoms with van der Waals surface area (Å²) in [5.74, 6) is -0.239. The highest BCUT2D eigenvalue weighted by Crippen LogP contribution is 2.24. The Morgan fingerprint density at radius 2 is 1.78 bits per heavy atom. The molecular weight excluding hydrogens is 311 g/mol. The third-order valence-corrected chi connectivity index (χ3v) is 4.41. The second-order valence-electron chi connectivity index (χ2n) is 5.17. The van der Waals surface area contributed by atoms with E-state index < -0.39 is 0 Å². The van der Waals surface area contributed by atoms with Crippen molar-refractivity contribution in [3.05, 3.63) is 71.0 Å². The van der Waals surface area contributed by atoms with Gasteiger partial charge < -0.3 is 10.4 Å². The summed E-state index contributed by atoms with van der Waals surface area (Å²) < 4.78 is 13.0. The molecule has 0 unspecified atom stereocenters. The quantitative estimate of drug-likeness (QED) is 0.716. The van der Waals surface area contributed by atoms with E-state index in [1.807, 2.05) is 29.6 Å². The molecule has 0 saturated carbocycles. The molecule has 0 bridgehead atoms. The summed E-state index contributed by atoms with van der Waals surface area (Å²) in [6.07, 6.45) is 0.674. The molecule has 3 aromatic rings. The number of nitrogens with one attached hydrogen (secondary N) is 1. The normalized spacial score (nSPS) is 10.7. The summed E-state index contributed by atoms with van der Waals surface area (Å²) in [6.45, 7) is 0.800. The number of rotatable bonds is 6. The molecule has 1 aromatic heterocycles. The summed E-state index contributed by atoms with van der Waals surface area (Å²) in [4.78, 5) is 4.57. The van der Waals surface area contributed by atoms with E-state index in [0.29, 0.717) is 13.0 Å². The van der Waals surface area contributed by atoms with Crippen LogP contribution in [0.4, 0.5) is 10.1 Å². The summed E-state index contributed by atoms with van der Waals surface area (Å²) in [5, 5.41) is 15.1. The van der Waals surface area contributed by atoms with Gasteiger partial charge in [0.1, 0.15) is 10.8 Å². The predicted octanol–water partition coefficient (Wildman–Crippen LogP) is 4.10. The van der Waals surface area contributed by atoms with Gasteiger partial charge in [-0.2, -0.15) is 0 Å². The fourth-order valence-corrected chi connectivity index (χ4v) is 3.05. The third-order valence-electron chi connectivity index (χ3n) is 3.47. The van der Waals surface area contributed by atoms with Crippen LogP contribution in [0.15, 0.2) is 53.9 Å². The number of anilines is 1. The average molecular weight is 328 g/mol. The minimum Gasteiger partial charge on any atom is -0.396 e. The smallest absolute Gasteiger partial charge is 0.123 e. The Hall–Kier alpha value is -2.24. The molecule has 23 heavy (non-hydrogen) atoms. The molecule has 0 atom stereocenters. The van der Waals surface area contributed by atoms with E-state index >= 15 is 0 Å². The number of nitrogens with zero attached hydrogens (tertiary/aromatic N) is 1. The number of aliphatic hydroxyl groups excluding tert-OH is 1. The van der Waals surface area contributed by atoms with Crippen LogP contribution in [-0.2, 0) is 13.0 Å². The van der Waals surface area contributed by atoms with Crippen LogP contribution < -0.4 is 5.32 Å². The van der Waals surface area contributed by atoms with Gasteiger partial charge in [0.2, 0.25) is 0 Å². The molecule has 0 aliphatic heterocycles. The van der Waals surface area contributed by atoms with Gasteiger partial charge in [-0.05, 0) is 48.4 Å². The highest BCUT2D eigenvalue weighted by Gasteiger charge is 2.05. The fraction of sp³-hybridized carbons (Fsp3) is 0.167. The Morgan fingerprint density at radius 1 is 1.04 bits per heavy atom. The highest BCUT2D eigenvalue weighted by molar-refractivity contribution is 7.13. The maximum atomic E-state index is 13.0. The van der Waals surface area contributed by atoms with E-state index in [2.05, 4.69) is 10.3 Å². The number of aromatic nitrogens is 1. The average Bonchev–Trinajstić information content (AvgIpc) is 3.04. The third kappa shape index (κ3) is 4.15. The first-order valence-electron chi connectivity index (χ1n) is 7.38. The molecule has 5 heteroatoms. The number of benzene rings is 2. The molecule has 0 aliphatic rings. The van der Waals surface area contributed by atoms with Crippen molar-refractivity contribution in [2.45, 2.75) is 13.0 Å². The first-order valence-corrected chi connectivity index (χ1v) is 8.26. The Labute approximate surface area is 138 Å². The van der Waals surface area contributed by atoms with Crippen molar-refractivity contribution in [2.24, 2.45) is 0 Å². The fourth-order valence-electron chi connectivity index (χ4n) is 2.22. The molecule has 2 aromatic carbocycles. The Balaban J connectivity index is 1.61. The lowest BCUT2D eigenvalue weighted by molar-refractivity contribution is 0.299. The van der Waals surface area contributed by atoms with Crippen molar-refractivity contribution in [1.82, 2.24) is 4.98 Å². The van der Waals surface area contributed by atoms with Crippen LogP contribution >= 0.6 is 11.3 Å². The lowest BCUT2D eigenvalue weighted by Crippen LogP contribution is -2.00. The highest BCUT2D eigenvalue weighted by atomic mass is 32.1. The SMILES string of the molecule is OCCc1ccc(NCc2csc(-c3ccc(F)cc3)n2)cc1. The molecule has 3 nitrogen and oxygen atoms in total. The zero-order valence-corrected chi connectivity index (χ0v) is 13.3. The van der Waals surface area contributed by atoms with Gasteiger partial charge in [-0.1, -0.05) is 12.1 Å². The van der Waals surface area contributed by atoms with Crippen LogP contribution in [0.2, 0.25) is 0 Å². The van der Waals surface area contributed by atoms with Crippen LogP contribution in [0.25, 0.3) is 10.6 Å². The standard InChI is InChI=1S/C18H17FN2OS/c19-15-5-3-14(4-6-15)18-21-17(12-23-18)11-20-16-7-1-13(2-8-16)9-10-22/h1-8,12,20,22H,9-11H2. The molecule has 118 valence electrons. The van der Waals surface area contributed by atoms with Gasteiger partial charge in [-0.25, -0.2) is 9.37 Å². The van der Waals surface area contributed by atoms with Crippen LogP contribution in [0.3, 0.4) is 0 Å². The second kappa shape index (κ2) is 7.35. The summed E-state index contributed by atoms with van der Waals surface area (Å²) in [7, 11) is 0. The Kier molecular flexibility index (Phi) is 5.00. The maximum Gasteiger partial charge on any atom is 0.123 e. The van der Waals surface area contributed by atoms with E-state index in [4.69, 9.17) is 5.11 Å². The van der Waals surface area contributed by atoms with Crippen molar-refractivity contribution in [3.8, 4) is 10.6 Å². The van der Waals surface area contributed by atoms with Crippen molar-refractivity contribution in [3.63, 3.8) is 0 Å². The van der Waals surface area contributed by atoms with Gasteiger partial charge in [-0.3, -0.25) is 0 Å². The number of aliphatic hydroxyl groups is 1. The van der Waals surface area contributed by atoms with E-state index in [-0.39, 0.29) is 12.4 Å². The zero-order valence-electron chi connectivity index (χ0n) is 12.5. The monoisotopic (exact) mass is 328 g/mol. The van der Waals surface area contributed by atoms with Crippen molar-refractivity contribution < 1.29 is 9.50 Å². The zero-order chi connectivity index (χ0) is 16.1. The Morgan fingerprint density at radius 3 is 2.48 bits per heavy atom. The minimum absolute atomic E-state index is 0.164. The molecule has 0 aliphatic carbocycles. The predicted molar refractivity (Wildman–Crippen MR) is 92.1 cm³/mol. The summed E-state index contributed by atoms with van der Waals surface area (Å²) in [6, 6.07) is 14.4. The van der Waals surface area contributed by atoms with Crippen molar-refractivity contribution in [2.75, 3.05) is 11.9 Å². The van der Waals surface area contributed by atoms with Crippen LogP contribution in [0.1, 0.15) is 11.3 Å². The molecule has 0 saturated heterocycles. The molecule has 0 amide bonds. The molecule has 0 spiro atoms. The Bertz CT molecular complexity index is 753. The van der Waals surface area contributed by atoms with Gasteiger partial charge in [0, 0.05) is 23.2 Å². The van der Waals surface area contributed by atoms with E-state index in [9.17, 15) is 4.39 Å². The van der Waals surface area contributed by atoms with Gasteiger partial charge in [0.15, 0.2) is 0 Å². The first kappa shape index (κ1) is 15.6. The van der Waals surface area contributed by atoms with Gasteiger partial charge in [0.25, 0.3) is 0 Å². The lowest BCUT2D eigenvalue weighted by atomic mass is 10.1. The largest absolute Gasteiger partial charge is 0.396 e. The molecule has 3 rings (SSSR count). The van der Waals surface area contributed by atoms with Gasteiger partial charge >= 0.3 is 0 Å². The molecule has 2 N–H and O–H groups in total. The van der Waals surface area contributed by atoms with Crippen LogP contribution in [0, 0.1) is 5.82 Å². The van der Waals surface area contributed by atoms with Crippen LogP contribution in [0.5, 0.6) is 0 Å². The lowest BCUT2D eigenvalue weighted by Gasteiger charge is -2.05. The van der Waals surface area contributed by atoms with Crippen LogP contribution in [-0.4, -0.2) is 16.7 Å². The molecular formula is C18H17FN2OS. The number of hydrogen-bond acceptors (Lipinski definition) is 4. The molecule has 1 heterocycles. The van der Waals surface area contributed by atoms with Gasteiger partial charge in [0.05, 0.1) is 12.2 Å². The molecule has 0 radical (unpaired) electrons. The first-order chi connectivity index (χ1) is 11.2.